The second-order valence-electron chi connectivity index (χ2n) is 7.80. The molecule has 1 aliphatic heterocycles. The Balaban J connectivity index is 1.48. The first-order valence-corrected chi connectivity index (χ1v) is 10.9. The van der Waals surface area contributed by atoms with Crippen molar-refractivity contribution in [2.75, 3.05) is 32.7 Å². The van der Waals surface area contributed by atoms with Gasteiger partial charge in [0.05, 0.1) is 6.54 Å². The molecule has 0 unspecified atom stereocenters. The maximum Gasteiger partial charge on any atom is 0.226 e. The number of likely N-dealkylation sites (tertiary alicyclic amines) is 1. The number of oxazole rings is 1. The molecule has 0 saturated carbocycles. The normalized spacial score (nSPS) is 16.2. The van der Waals surface area contributed by atoms with Gasteiger partial charge in [0.1, 0.15) is 12.0 Å². The highest BCUT2D eigenvalue weighted by Crippen LogP contribution is 2.20. The van der Waals surface area contributed by atoms with E-state index in [4.69, 9.17) is 4.42 Å². The third-order valence-corrected chi connectivity index (χ3v) is 5.59. The number of nitrogens with one attached hydrogen (secondary N) is 2. The molecule has 158 valence electrons. The van der Waals surface area contributed by atoms with E-state index < -0.39 is 0 Å². The van der Waals surface area contributed by atoms with Crippen LogP contribution in [0.4, 0.5) is 0 Å². The second kappa shape index (κ2) is 11.0. The molecule has 3 rings (SSSR count). The Morgan fingerprint density at radius 1 is 1.17 bits per heavy atom. The van der Waals surface area contributed by atoms with Gasteiger partial charge in [0.25, 0.3) is 0 Å². The Labute approximate surface area is 174 Å². The summed E-state index contributed by atoms with van der Waals surface area (Å²) in [6, 6.07) is 8.20. The van der Waals surface area contributed by atoms with E-state index in [-0.39, 0.29) is 0 Å². The molecule has 1 fully saturated rings. The van der Waals surface area contributed by atoms with Crippen molar-refractivity contribution in [2.24, 2.45) is 10.9 Å². The van der Waals surface area contributed by atoms with E-state index in [0.717, 1.165) is 36.2 Å². The zero-order valence-electron chi connectivity index (χ0n) is 18.1. The lowest BCUT2D eigenvalue weighted by atomic mass is 9.93. The predicted octanol–water partition coefficient (Wildman–Crippen LogP) is 3.83. The van der Waals surface area contributed by atoms with E-state index >= 15 is 0 Å². The minimum Gasteiger partial charge on any atom is -0.444 e. The standard InChI is InChI=1S/C23H35N5O/c1-4-24-23(25-13-10-19-11-14-28(5-2)15-12-19)26-16-21-17-29-22(27-21)20-8-6-18(3)7-9-20/h6-9,17,19H,4-5,10-16H2,1-3H3,(H2,24,25,26). The number of nitrogens with zero attached hydrogens (tertiary/aromatic N) is 3. The van der Waals surface area contributed by atoms with Crippen LogP contribution in [0.25, 0.3) is 11.5 Å². The van der Waals surface area contributed by atoms with Gasteiger partial charge in [0.2, 0.25) is 5.89 Å². The Bertz CT molecular complexity index is 760. The summed E-state index contributed by atoms with van der Waals surface area (Å²) in [5, 5.41) is 6.80. The van der Waals surface area contributed by atoms with Gasteiger partial charge < -0.3 is 20.0 Å². The van der Waals surface area contributed by atoms with Gasteiger partial charge >= 0.3 is 0 Å². The fourth-order valence-electron chi connectivity index (χ4n) is 3.70. The molecule has 2 aromatic rings. The molecule has 1 saturated heterocycles. The van der Waals surface area contributed by atoms with Crippen molar-refractivity contribution in [3.05, 3.63) is 41.8 Å². The van der Waals surface area contributed by atoms with Gasteiger partial charge in [-0.1, -0.05) is 24.6 Å². The Morgan fingerprint density at radius 2 is 1.93 bits per heavy atom. The van der Waals surface area contributed by atoms with Crippen LogP contribution >= 0.6 is 0 Å². The summed E-state index contributed by atoms with van der Waals surface area (Å²) in [7, 11) is 0. The summed E-state index contributed by atoms with van der Waals surface area (Å²) < 4.78 is 5.64. The molecule has 0 bridgehead atoms. The average Bonchev–Trinajstić information content (AvgIpc) is 3.22. The highest BCUT2D eigenvalue weighted by Gasteiger charge is 2.17. The van der Waals surface area contributed by atoms with Crippen molar-refractivity contribution in [1.29, 1.82) is 0 Å². The van der Waals surface area contributed by atoms with Crippen LogP contribution in [0.15, 0.2) is 39.9 Å². The van der Waals surface area contributed by atoms with Crippen LogP contribution in [0.2, 0.25) is 0 Å². The molecular formula is C23H35N5O. The molecule has 6 nitrogen and oxygen atoms in total. The second-order valence-corrected chi connectivity index (χ2v) is 7.80. The van der Waals surface area contributed by atoms with Gasteiger partial charge in [-0.05, 0) is 70.8 Å². The molecule has 2 N–H and O–H groups in total. The SMILES string of the molecule is CCNC(=NCc1coc(-c2ccc(C)cc2)n1)NCCC1CCN(CC)CC1. The molecule has 2 heterocycles. The highest BCUT2D eigenvalue weighted by atomic mass is 16.3. The van der Waals surface area contributed by atoms with E-state index in [2.05, 4.69) is 58.4 Å². The predicted molar refractivity (Wildman–Crippen MR) is 119 cm³/mol. The first kappa shape index (κ1) is 21.4. The number of aliphatic imine (C=N–C) groups is 1. The smallest absolute Gasteiger partial charge is 0.226 e. The molecule has 1 aromatic carbocycles. The van der Waals surface area contributed by atoms with Crippen LogP contribution < -0.4 is 10.6 Å². The number of hydrogen-bond donors (Lipinski definition) is 2. The van der Waals surface area contributed by atoms with Gasteiger partial charge in [-0.15, -0.1) is 0 Å². The molecular weight excluding hydrogens is 362 g/mol. The zero-order valence-corrected chi connectivity index (χ0v) is 18.1. The number of guanidine groups is 1. The lowest BCUT2D eigenvalue weighted by Crippen LogP contribution is -2.39. The molecule has 6 heteroatoms. The number of rotatable bonds is 8. The third-order valence-electron chi connectivity index (χ3n) is 5.59. The fourth-order valence-corrected chi connectivity index (χ4v) is 3.70. The number of aryl methyl sites for hydroxylation is 1. The summed E-state index contributed by atoms with van der Waals surface area (Å²) in [6.07, 6.45) is 5.52. The van der Waals surface area contributed by atoms with Crippen molar-refractivity contribution >= 4 is 5.96 Å². The number of benzene rings is 1. The summed E-state index contributed by atoms with van der Waals surface area (Å²) in [5.41, 5.74) is 3.05. The first-order chi connectivity index (χ1) is 14.2. The maximum atomic E-state index is 5.64. The Morgan fingerprint density at radius 3 is 2.62 bits per heavy atom. The largest absolute Gasteiger partial charge is 0.444 e. The molecule has 29 heavy (non-hydrogen) atoms. The van der Waals surface area contributed by atoms with Crippen molar-refractivity contribution < 1.29 is 4.42 Å². The van der Waals surface area contributed by atoms with E-state index in [1.165, 1.54) is 44.5 Å². The molecule has 0 atom stereocenters. The number of hydrogen-bond acceptors (Lipinski definition) is 4. The zero-order chi connectivity index (χ0) is 20.5. The van der Waals surface area contributed by atoms with Crippen LogP contribution in [0, 0.1) is 12.8 Å². The first-order valence-electron chi connectivity index (χ1n) is 10.9. The van der Waals surface area contributed by atoms with Gasteiger partial charge in [-0.2, -0.15) is 0 Å². The maximum absolute atomic E-state index is 5.64. The quantitative estimate of drug-likeness (QED) is 0.523. The molecule has 0 aliphatic carbocycles. The Hall–Kier alpha value is -2.34. The fraction of sp³-hybridized carbons (Fsp3) is 0.565. The van der Waals surface area contributed by atoms with Gasteiger partial charge in [-0.3, -0.25) is 0 Å². The lowest BCUT2D eigenvalue weighted by molar-refractivity contribution is 0.187. The molecule has 0 spiro atoms. The molecule has 0 amide bonds. The summed E-state index contributed by atoms with van der Waals surface area (Å²) in [6.45, 7) is 12.4. The minimum absolute atomic E-state index is 0.500. The van der Waals surface area contributed by atoms with E-state index in [0.29, 0.717) is 12.4 Å². The van der Waals surface area contributed by atoms with Gasteiger partial charge in [0, 0.05) is 18.7 Å². The van der Waals surface area contributed by atoms with Crippen LogP contribution in [-0.4, -0.2) is 48.6 Å². The minimum atomic E-state index is 0.500. The van der Waals surface area contributed by atoms with Crippen LogP contribution in [0.3, 0.4) is 0 Å². The van der Waals surface area contributed by atoms with E-state index in [1.807, 2.05) is 12.1 Å². The van der Waals surface area contributed by atoms with Crippen LogP contribution in [0.1, 0.15) is 44.4 Å². The van der Waals surface area contributed by atoms with E-state index in [9.17, 15) is 0 Å². The van der Waals surface area contributed by atoms with Crippen LogP contribution in [-0.2, 0) is 6.54 Å². The van der Waals surface area contributed by atoms with Crippen molar-refractivity contribution in [2.45, 2.75) is 46.6 Å². The topological polar surface area (TPSA) is 65.7 Å². The summed E-state index contributed by atoms with van der Waals surface area (Å²) in [5.74, 6) is 2.31. The van der Waals surface area contributed by atoms with Crippen LogP contribution in [0.5, 0.6) is 0 Å². The third kappa shape index (κ3) is 6.60. The van der Waals surface area contributed by atoms with Gasteiger partial charge in [0.15, 0.2) is 5.96 Å². The Kier molecular flexibility index (Phi) is 8.11. The van der Waals surface area contributed by atoms with E-state index in [1.54, 1.807) is 6.26 Å². The number of aromatic nitrogens is 1. The molecule has 1 aliphatic rings. The van der Waals surface area contributed by atoms with Gasteiger partial charge in [-0.25, -0.2) is 9.98 Å². The van der Waals surface area contributed by atoms with Crippen molar-refractivity contribution in [3.8, 4) is 11.5 Å². The molecule has 1 aromatic heterocycles. The molecule has 0 radical (unpaired) electrons. The number of piperidine rings is 1. The summed E-state index contributed by atoms with van der Waals surface area (Å²) >= 11 is 0. The van der Waals surface area contributed by atoms with Crippen molar-refractivity contribution in [1.82, 2.24) is 20.5 Å². The lowest BCUT2D eigenvalue weighted by Gasteiger charge is -2.31. The summed E-state index contributed by atoms with van der Waals surface area (Å²) in [4.78, 5) is 11.8. The highest BCUT2D eigenvalue weighted by molar-refractivity contribution is 5.79. The average molecular weight is 398 g/mol. The van der Waals surface area contributed by atoms with Crippen molar-refractivity contribution in [3.63, 3.8) is 0 Å². The monoisotopic (exact) mass is 397 g/mol.